The molecule has 0 saturated carbocycles. The summed E-state index contributed by atoms with van der Waals surface area (Å²) < 4.78 is 12.1. The lowest BCUT2D eigenvalue weighted by Gasteiger charge is -2.40. The first-order valence-corrected chi connectivity index (χ1v) is 20.3. The SMILES string of the molecule is CC[C@@H](C)C/C=C/[C@H](C)/C=C/[C@H](OCC1OC(CO)C(O)C(O)C1O)[C@H](C)CCC[C@H](CC)CC[C@@H](O)[C@@H](C)/C=C/C[C@@H](C)CCCC(C)C. The van der Waals surface area contributed by atoms with E-state index in [0.29, 0.717) is 17.8 Å². The third-order valence-electron chi connectivity index (χ3n) is 11.1. The van der Waals surface area contributed by atoms with Crippen LogP contribution in [0.5, 0.6) is 0 Å². The molecule has 50 heavy (non-hydrogen) atoms. The number of ether oxygens (including phenoxy) is 2. The molecule has 13 atom stereocenters. The lowest BCUT2D eigenvalue weighted by Crippen LogP contribution is -2.59. The summed E-state index contributed by atoms with van der Waals surface area (Å²) in [6.07, 6.45) is 20.1. The average molecular weight is 709 g/mol. The first kappa shape index (κ1) is 47.0. The van der Waals surface area contributed by atoms with E-state index in [9.17, 15) is 25.5 Å². The number of allylic oxidation sites excluding steroid dienone is 4. The molecular formula is C43H80O7. The zero-order chi connectivity index (χ0) is 37.6. The van der Waals surface area contributed by atoms with Gasteiger partial charge in [-0.2, -0.15) is 0 Å². The van der Waals surface area contributed by atoms with Crippen molar-refractivity contribution >= 4 is 0 Å². The minimum absolute atomic E-state index is 0.0399. The van der Waals surface area contributed by atoms with E-state index in [1.54, 1.807) is 0 Å². The van der Waals surface area contributed by atoms with Crippen LogP contribution in [0.15, 0.2) is 36.5 Å². The maximum Gasteiger partial charge on any atom is 0.111 e. The molecule has 1 aliphatic rings. The number of rotatable bonds is 27. The molecule has 0 radical (unpaired) electrons. The van der Waals surface area contributed by atoms with Crippen LogP contribution in [-0.4, -0.2) is 81.5 Å². The molecule has 5 N–H and O–H groups in total. The molecule has 1 heterocycles. The molecule has 7 heteroatoms. The molecule has 0 aromatic carbocycles. The van der Waals surface area contributed by atoms with Gasteiger partial charge in [0, 0.05) is 0 Å². The summed E-state index contributed by atoms with van der Waals surface area (Å²) in [5.74, 6) is 3.30. The highest BCUT2D eigenvalue weighted by molar-refractivity contribution is 5.03. The van der Waals surface area contributed by atoms with Crippen molar-refractivity contribution in [2.45, 2.75) is 182 Å². The second-order valence-corrected chi connectivity index (χ2v) is 16.4. The fourth-order valence-corrected chi connectivity index (χ4v) is 6.73. The minimum Gasteiger partial charge on any atom is -0.394 e. The Balaban J connectivity index is 2.72. The topological polar surface area (TPSA) is 120 Å². The van der Waals surface area contributed by atoms with E-state index in [0.717, 1.165) is 63.7 Å². The summed E-state index contributed by atoms with van der Waals surface area (Å²) in [5.41, 5.74) is 0. The minimum atomic E-state index is -1.41. The predicted octanol–water partition coefficient (Wildman–Crippen LogP) is 8.42. The van der Waals surface area contributed by atoms with Gasteiger partial charge in [-0.3, -0.25) is 0 Å². The van der Waals surface area contributed by atoms with E-state index in [-0.39, 0.29) is 36.6 Å². The van der Waals surface area contributed by atoms with Gasteiger partial charge in [0.25, 0.3) is 0 Å². The van der Waals surface area contributed by atoms with Gasteiger partial charge in [0.2, 0.25) is 0 Å². The molecule has 1 aliphatic heterocycles. The number of aliphatic hydroxyl groups is 5. The summed E-state index contributed by atoms with van der Waals surface area (Å²) in [7, 11) is 0. The molecular weight excluding hydrogens is 628 g/mol. The summed E-state index contributed by atoms with van der Waals surface area (Å²) in [6.45, 7) is 19.7. The Morgan fingerprint density at radius 3 is 1.94 bits per heavy atom. The highest BCUT2D eigenvalue weighted by Gasteiger charge is 2.43. The van der Waals surface area contributed by atoms with Gasteiger partial charge in [-0.25, -0.2) is 0 Å². The molecule has 7 nitrogen and oxygen atoms in total. The van der Waals surface area contributed by atoms with Gasteiger partial charge in [0.1, 0.15) is 30.5 Å². The van der Waals surface area contributed by atoms with Gasteiger partial charge >= 0.3 is 0 Å². The van der Waals surface area contributed by atoms with Crippen LogP contribution in [0.1, 0.15) is 139 Å². The fourth-order valence-electron chi connectivity index (χ4n) is 6.73. The fraction of sp³-hybridized carbons (Fsp3) is 0.860. The zero-order valence-corrected chi connectivity index (χ0v) is 33.5. The van der Waals surface area contributed by atoms with Gasteiger partial charge < -0.3 is 35.0 Å². The van der Waals surface area contributed by atoms with Gasteiger partial charge in [-0.1, -0.05) is 144 Å². The normalized spacial score (nSPS) is 26.8. The Kier molecular flexibility index (Phi) is 25.0. The van der Waals surface area contributed by atoms with Gasteiger partial charge in [-0.05, 0) is 73.5 Å². The van der Waals surface area contributed by atoms with Crippen molar-refractivity contribution in [2.24, 2.45) is 41.4 Å². The number of aliphatic hydroxyl groups excluding tert-OH is 5. The van der Waals surface area contributed by atoms with Gasteiger partial charge in [0.05, 0.1) is 25.4 Å². The van der Waals surface area contributed by atoms with E-state index in [1.807, 2.05) is 0 Å². The van der Waals surface area contributed by atoms with Crippen LogP contribution < -0.4 is 0 Å². The first-order chi connectivity index (χ1) is 23.7. The van der Waals surface area contributed by atoms with Crippen molar-refractivity contribution in [1.29, 1.82) is 0 Å². The summed E-state index contributed by atoms with van der Waals surface area (Å²) in [5, 5.41) is 51.5. The van der Waals surface area contributed by atoms with Crippen molar-refractivity contribution < 1.29 is 35.0 Å². The molecule has 0 spiro atoms. The monoisotopic (exact) mass is 709 g/mol. The molecule has 0 aromatic rings. The third kappa shape index (κ3) is 19.1. The Morgan fingerprint density at radius 2 is 1.30 bits per heavy atom. The molecule has 1 rings (SSSR count). The summed E-state index contributed by atoms with van der Waals surface area (Å²) in [4.78, 5) is 0. The molecule has 0 aromatic heterocycles. The van der Waals surface area contributed by atoms with Crippen molar-refractivity contribution in [3.05, 3.63) is 36.5 Å². The van der Waals surface area contributed by atoms with Crippen molar-refractivity contribution in [1.82, 2.24) is 0 Å². The van der Waals surface area contributed by atoms with E-state index < -0.39 is 37.1 Å². The Morgan fingerprint density at radius 1 is 0.660 bits per heavy atom. The Hall–Kier alpha value is -1.06. The van der Waals surface area contributed by atoms with Crippen LogP contribution in [0.4, 0.5) is 0 Å². The largest absolute Gasteiger partial charge is 0.394 e. The highest BCUT2D eigenvalue weighted by atomic mass is 16.6. The van der Waals surface area contributed by atoms with E-state index in [4.69, 9.17) is 9.47 Å². The summed E-state index contributed by atoms with van der Waals surface area (Å²) in [6, 6.07) is 0. The highest BCUT2D eigenvalue weighted by Crippen LogP contribution is 2.27. The predicted molar refractivity (Wildman–Crippen MR) is 208 cm³/mol. The molecule has 1 saturated heterocycles. The smallest absolute Gasteiger partial charge is 0.111 e. The van der Waals surface area contributed by atoms with Crippen molar-refractivity contribution in [2.75, 3.05) is 13.2 Å². The number of hydrogen-bond acceptors (Lipinski definition) is 7. The molecule has 294 valence electrons. The average Bonchev–Trinajstić information content (AvgIpc) is 3.08. The van der Waals surface area contributed by atoms with Crippen molar-refractivity contribution in [3.63, 3.8) is 0 Å². The van der Waals surface area contributed by atoms with E-state index in [2.05, 4.69) is 98.8 Å². The molecule has 0 aliphatic carbocycles. The van der Waals surface area contributed by atoms with E-state index >= 15 is 0 Å². The Bertz CT molecular complexity index is 917. The van der Waals surface area contributed by atoms with Crippen LogP contribution in [0.2, 0.25) is 0 Å². The Labute approximate surface area is 307 Å². The second-order valence-electron chi connectivity index (χ2n) is 16.4. The maximum absolute atomic E-state index is 10.9. The maximum atomic E-state index is 10.9. The lowest BCUT2D eigenvalue weighted by atomic mass is 9.88. The van der Waals surface area contributed by atoms with Gasteiger partial charge in [0.15, 0.2) is 0 Å². The third-order valence-corrected chi connectivity index (χ3v) is 11.1. The second kappa shape index (κ2) is 26.7. The standard InChI is InChI=1S/C43H80O7/c1-10-31(5)17-13-19-33(7)24-27-38(49-29-40-42(47)43(48)41(46)39(28-44)50-40)35(9)22-15-23-36(11-2)25-26-37(45)34(8)21-14-20-32(6)18-12-16-30(3)4/h13-14,19,21,24,27,30-48H,10-12,15-18,20,22-23,25-26,28-29H2,1-9H3/b19-13+,21-14+,27-24+/t31-,32+,33+,34+,35-,36+,37-,38+,39?,40?,41?,42?,43?/m1/s1. The first-order valence-electron chi connectivity index (χ1n) is 20.3. The molecule has 1 fully saturated rings. The quantitative estimate of drug-likeness (QED) is 0.0544. The van der Waals surface area contributed by atoms with Crippen LogP contribution in [-0.2, 0) is 9.47 Å². The molecule has 0 bridgehead atoms. The van der Waals surface area contributed by atoms with Crippen LogP contribution in [0, 0.1) is 41.4 Å². The van der Waals surface area contributed by atoms with Crippen LogP contribution >= 0.6 is 0 Å². The van der Waals surface area contributed by atoms with E-state index in [1.165, 1.54) is 19.3 Å². The molecule has 5 unspecified atom stereocenters. The van der Waals surface area contributed by atoms with Gasteiger partial charge in [-0.15, -0.1) is 0 Å². The molecule has 0 amide bonds. The van der Waals surface area contributed by atoms with Crippen LogP contribution in [0.25, 0.3) is 0 Å². The zero-order valence-electron chi connectivity index (χ0n) is 33.5. The number of hydrogen-bond donors (Lipinski definition) is 5. The summed E-state index contributed by atoms with van der Waals surface area (Å²) >= 11 is 0. The van der Waals surface area contributed by atoms with Crippen LogP contribution in [0.3, 0.4) is 0 Å². The van der Waals surface area contributed by atoms with Crippen molar-refractivity contribution in [3.8, 4) is 0 Å². The lowest BCUT2D eigenvalue weighted by molar-refractivity contribution is -0.241.